The van der Waals surface area contributed by atoms with E-state index in [0.29, 0.717) is 0 Å². The van der Waals surface area contributed by atoms with Crippen molar-refractivity contribution in [1.29, 1.82) is 0 Å². The Bertz CT molecular complexity index is 426. The molecular formula is C6H10Na4O12P2. The third kappa shape index (κ3) is 20.5. The van der Waals surface area contributed by atoms with E-state index >= 15 is 0 Å². The third-order valence-electron chi connectivity index (χ3n) is 1.82. The van der Waals surface area contributed by atoms with Gasteiger partial charge in [-0.15, -0.1) is 0 Å². The van der Waals surface area contributed by atoms with Gasteiger partial charge in [0.15, 0.2) is 5.78 Å². The Morgan fingerprint density at radius 3 is 1.58 bits per heavy atom. The minimum atomic E-state index is -5.47. The van der Waals surface area contributed by atoms with Crippen molar-refractivity contribution < 1.29 is 176 Å². The Labute approximate surface area is 225 Å². The maximum atomic E-state index is 11.1. The average molecular weight is 429 g/mol. The Morgan fingerprint density at radius 1 is 0.875 bits per heavy atom. The second kappa shape index (κ2) is 17.6. The fourth-order valence-electron chi connectivity index (χ4n) is 0.895. The van der Waals surface area contributed by atoms with Crippen LogP contribution in [0.4, 0.5) is 0 Å². The molecule has 0 saturated heterocycles. The summed E-state index contributed by atoms with van der Waals surface area (Å²) in [6.45, 7) is -2.63. The van der Waals surface area contributed by atoms with Crippen molar-refractivity contribution in [2.75, 3.05) is 13.2 Å². The molecule has 3 N–H and O–H groups in total. The summed E-state index contributed by atoms with van der Waals surface area (Å²) in [4.78, 5) is 51.4. The Morgan fingerprint density at radius 2 is 1.25 bits per heavy atom. The topological polar surface area (TPSA) is 223 Å². The maximum Gasteiger partial charge on any atom is 1.00 e. The number of hydrogen-bond acceptors (Lipinski definition) is 12. The first-order valence-corrected chi connectivity index (χ1v) is 7.65. The Balaban J connectivity index is -0.000000301. The number of aliphatic hydroxyl groups is 3. The number of rotatable bonds is 9. The van der Waals surface area contributed by atoms with Crippen molar-refractivity contribution in [3.05, 3.63) is 0 Å². The van der Waals surface area contributed by atoms with Crippen LogP contribution in [-0.2, 0) is 23.0 Å². The van der Waals surface area contributed by atoms with Gasteiger partial charge in [-0.2, -0.15) is 0 Å². The number of phosphoric ester groups is 2. The van der Waals surface area contributed by atoms with Crippen LogP contribution in [0.25, 0.3) is 0 Å². The van der Waals surface area contributed by atoms with E-state index in [2.05, 4.69) is 9.05 Å². The van der Waals surface area contributed by atoms with E-state index in [0.717, 1.165) is 0 Å². The molecule has 0 heterocycles. The molecule has 12 nitrogen and oxygen atoms in total. The standard InChI is InChI=1S/C6H14O12P2.4Na/c7-3(1-17-19(11,12)13)5(9)6(10)4(8)2-18-20(14,15)16;;;;/h3,5-7,9-10H,1-2H2,(H2,11,12,13)(H2,14,15,16);;;;/q;4*+1/p-4/t3-,5-,6-;;;;/m1..../s1/i2+1;;;;. The van der Waals surface area contributed by atoms with Crippen molar-refractivity contribution in [1.82, 2.24) is 0 Å². The second-order valence-electron chi connectivity index (χ2n) is 3.43. The van der Waals surface area contributed by atoms with Crippen LogP contribution in [0.3, 0.4) is 0 Å². The van der Waals surface area contributed by atoms with Crippen molar-refractivity contribution in [2.24, 2.45) is 0 Å². The second-order valence-corrected chi connectivity index (χ2v) is 5.74. The summed E-state index contributed by atoms with van der Waals surface area (Å²) < 4.78 is 27.3. The van der Waals surface area contributed by atoms with E-state index in [9.17, 15) is 38.6 Å². The van der Waals surface area contributed by atoms with Gasteiger partial charge in [0.1, 0.15) is 24.9 Å². The van der Waals surface area contributed by atoms with Crippen LogP contribution in [0.1, 0.15) is 0 Å². The van der Waals surface area contributed by atoms with Crippen LogP contribution in [0.2, 0.25) is 0 Å². The molecule has 0 aliphatic heterocycles. The number of phosphoric acid groups is 2. The van der Waals surface area contributed by atoms with E-state index < -0.39 is 53.0 Å². The van der Waals surface area contributed by atoms with Crippen molar-refractivity contribution in [3.8, 4) is 0 Å². The molecule has 0 rings (SSSR count). The zero-order valence-electron chi connectivity index (χ0n) is 13.6. The molecule has 0 radical (unpaired) electrons. The summed E-state index contributed by atoms with van der Waals surface area (Å²) in [6, 6.07) is 0. The van der Waals surface area contributed by atoms with Crippen LogP contribution >= 0.6 is 15.6 Å². The summed E-state index contributed by atoms with van der Waals surface area (Å²) >= 11 is 0. The molecule has 0 spiro atoms. The van der Waals surface area contributed by atoms with Gasteiger partial charge in [0.25, 0.3) is 0 Å². The molecule has 0 saturated carbocycles. The van der Waals surface area contributed by atoms with Gasteiger partial charge in [-0.25, -0.2) is 0 Å². The average Bonchev–Trinajstić information content (AvgIpc) is 2.29. The van der Waals surface area contributed by atoms with Crippen LogP contribution in [0.5, 0.6) is 0 Å². The summed E-state index contributed by atoms with van der Waals surface area (Å²) in [7, 11) is -10.9. The summed E-state index contributed by atoms with van der Waals surface area (Å²) in [6.07, 6.45) is -6.83. The maximum absolute atomic E-state index is 11.1. The molecule has 0 aliphatic carbocycles. The molecule has 0 aromatic heterocycles. The van der Waals surface area contributed by atoms with E-state index in [1.54, 1.807) is 0 Å². The third-order valence-corrected chi connectivity index (χ3v) is 2.73. The molecule has 3 atom stereocenters. The van der Waals surface area contributed by atoms with Gasteiger partial charge in [0, 0.05) is 0 Å². The van der Waals surface area contributed by atoms with Gasteiger partial charge in [-0.1, -0.05) is 0 Å². The molecule has 0 aromatic carbocycles. The molecule has 24 heavy (non-hydrogen) atoms. The molecule has 0 amide bonds. The van der Waals surface area contributed by atoms with Gasteiger partial charge < -0.3 is 53.1 Å². The molecule has 0 aliphatic rings. The largest absolute Gasteiger partial charge is 1.00 e. The van der Waals surface area contributed by atoms with Crippen LogP contribution in [-0.4, -0.2) is 52.6 Å². The minimum Gasteiger partial charge on any atom is -0.790 e. The smallest absolute Gasteiger partial charge is 0.790 e. The predicted molar refractivity (Wildman–Crippen MR) is 50.1 cm³/mol. The Kier molecular flexibility index (Phi) is 28.2. The molecule has 0 bridgehead atoms. The fraction of sp³-hybridized carbons (Fsp3) is 0.833. The predicted octanol–water partition coefficient (Wildman–Crippen LogP) is -17.7. The summed E-state index contributed by atoms with van der Waals surface area (Å²) in [5.41, 5.74) is 0. The zero-order chi connectivity index (χ0) is 16.1. The molecule has 120 valence electrons. The van der Waals surface area contributed by atoms with E-state index in [4.69, 9.17) is 10.2 Å². The summed E-state index contributed by atoms with van der Waals surface area (Å²) in [5.74, 6) is -1.48. The molecule has 18 heteroatoms. The van der Waals surface area contributed by atoms with Gasteiger partial charge >= 0.3 is 118 Å². The first-order chi connectivity index (χ1) is 8.83. The summed E-state index contributed by atoms with van der Waals surface area (Å²) in [5, 5.41) is 27.5. The molecule has 0 aromatic rings. The van der Waals surface area contributed by atoms with Crippen molar-refractivity contribution >= 4 is 21.4 Å². The van der Waals surface area contributed by atoms with E-state index in [1.165, 1.54) is 0 Å². The SMILES string of the molecule is O=C([13CH2]OP(=O)([O-])[O-])[C@@H](O)[C@H](O)[C@H](O)COP(=O)([O-])[O-].[Na+].[Na+].[Na+].[Na+]. The normalized spacial score (nSPS) is 14.6. The molecule has 0 fully saturated rings. The molecule has 0 unspecified atom stereocenters. The quantitative estimate of drug-likeness (QED) is 0.177. The van der Waals surface area contributed by atoms with Crippen molar-refractivity contribution in [3.63, 3.8) is 0 Å². The van der Waals surface area contributed by atoms with Crippen LogP contribution in [0, 0.1) is 0 Å². The number of Topliss-reactive ketones (excluding diaryl/α,β-unsaturated/α-hetero) is 1. The monoisotopic (exact) mass is 429 g/mol. The van der Waals surface area contributed by atoms with Crippen molar-refractivity contribution in [2.45, 2.75) is 18.3 Å². The number of carbonyl (C=O) groups excluding carboxylic acids is 1. The Hall–Kier alpha value is 3.77. The van der Waals surface area contributed by atoms with E-state index in [1.807, 2.05) is 0 Å². The first kappa shape index (κ1) is 38.4. The van der Waals surface area contributed by atoms with E-state index in [-0.39, 0.29) is 118 Å². The van der Waals surface area contributed by atoms with Gasteiger partial charge in [0.2, 0.25) is 0 Å². The first-order valence-electron chi connectivity index (χ1n) is 4.73. The number of ketones is 1. The van der Waals surface area contributed by atoms with Gasteiger partial charge in [-0.05, 0) is 0 Å². The van der Waals surface area contributed by atoms with Crippen LogP contribution < -0.4 is 138 Å². The minimum absolute atomic E-state index is 0. The fourth-order valence-corrected chi connectivity index (χ4v) is 1.52. The number of hydrogen-bond donors (Lipinski definition) is 3. The zero-order valence-corrected chi connectivity index (χ0v) is 23.3. The number of aliphatic hydroxyl groups excluding tert-OH is 3. The number of carbonyl (C=O) groups is 1. The van der Waals surface area contributed by atoms with Gasteiger partial charge in [0.05, 0.1) is 22.3 Å². The molecular weight excluding hydrogens is 419 g/mol. The van der Waals surface area contributed by atoms with Gasteiger partial charge in [-0.3, -0.25) is 4.79 Å². The van der Waals surface area contributed by atoms with Crippen LogP contribution in [0.15, 0.2) is 0 Å².